The van der Waals surface area contributed by atoms with E-state index in [2.05, 4.69) is 44.4 Å². The Kier molecular flexibility index (Phi) is 5.57. The van der Waals surface area contributed by atoms with E-state index in [9.17, 15) is 4.79 Å². The number of anilines is 1. The molecule has 0 saturated carbocycles. The third kappa shape index (κ3) is 4.16. The number of hydrogen-bond donors (Lipinski definition) is 0. The molecule has 1 fully saturated rings. The molecule has 1 saturated heterocycles. The zero-order valence-electron chi connectivity index (χ0n) is 17.2. The van der Waals surface area contributed by atoms with E-state index in [4.69, 9.17) is 9.97 Å². The SMILES string of the molecule is CC#CCn1c(N2CCCC(C)C2)nc2nc(SC(C)(C)C)n(C)c(=O)c21. The highest BCUT2D eigenvalue weighted by Gasteiger charge is 2.26. The minimum atomic E-state index is -0.0616. The van der Waals surface area contributed by atoms with E-state index >= 15 is 0 Å². The molecular weight excluding hydrogens is 358 g/mol. The summed E-state index contributed by atoms with van der Waals surface area (Å²) in [6.45, 7) is 12.8. The summed E-state index contributed by atoms with van der Waals surface area (Å²) in [6, 6.07) is 0. The van der Waals surface area contributed by atoms with Crippen LogP contribution in [0.5, 0.6) is 0 Å². The number of fused-ring (bicyclic) bond motifs is 1. The van der Waals surface area contributed by atoms with E-state index in [0.29, 0.717) is 28.8 Å². The first kappa shape index (κ1) is 19.8. The molecule has 146 valence electrons. The minimum Gasteiger partial charge on any atom is -0.342 e. The fraction of sp³-hybridized carbons (Fsp3) is 0.650. The highest BCUT2D eigenvalue weighted by Crippen LogP contribution is 2.31. The lowest BCUT2D eigenvalue weighted by Crippen LogP contribution is -2.36. The lowest BCUT2D eigenvalue weighted by molar-refractivity contribution is 0.439. The van der Waals surface area contributed by atoms with Crippen LogP contribution in [0.1, 0.15) is 47.5 Å². The van der Waals surface area contributed by atoms with Crippen LogP contribution in [-0.2, 0) is 13.6 Å². The molecule has 0 amide bonds. The summed E-state index contributed by atoms with van der Waals surface area (Å²) in [6.07, 6.45) is 2.37. The number of piperidine rings is 1. The fourth-order valence-electron chi connectivity index (χ4n) is 3.41. The Labute approximate surface area is 165 Å². The first-order chi connectivity index (χ1) is 12.7. The third-order valence-corrected chi connectivity index (χ3v) is 5.84. The summed E-state index contributed by atoms with van der Waals surface area (Å²) in [4.78, 5) is 25.0. The molecule has 3 rings (SSSR count). The molecule has 6 nitrogen and oxygen atoms in total. The number of hydrogen-bond acceptors (Lipinski definition) is 5. The second-order valence-electron chi connectivity index (χ2n) is 8.26. The van der Waals surface area contributed by atoms with Gasteiger partial charge in [0.1, 0.15) is 0 Å². The molecule has 3 heterocycles. The molecule has 1 aliphatic heterocycles. The maximum Gasteiger partial charge on any atom is 0.280 e. The van der Waals surface area contributed by atoms with E-state index in [-0.39, 0.29) is 10.3 Å². The van der Waals surface area contributed by atoms with Crippen molar-refractivity contribution in [1.82, 2.24) is 19.1 Å². The smallest absolute Gasteiger partial charge is 0.280 e. The van der Waals surface area contributed by atoms with Gasteiger partial charge in [0.05, 0.1) is 6.54 Å². The number of rotatable bonds is 3. The highest BCUT2D eigenvalue weighted by molar-refractivity contribution is 8.00. The van der Waals surface area contributed by atoms with Crippen LogP contribution < -0.4 is 10.5 Å². The monoisotopic (exact) mass is 387 g/mol. The van der Waals surface area contributed by atoms with E-state index in [0.717, 1.165) is 25.5 Å². The van der Waals surface area contributed by atoms with Gasteiger partial charge in [-0.3, -0.25) is 13.9 Å². The Morgan fingerprint density at radius 3 is 2.67 bits per heavy atom. The average Bonchev–Trinajstić information content (AvgIpc) is 2.94. The number of imidazole rings is 1. The van der Waals surface area contributed by atoms with Crippen LogP contribution in [0, 0.1) is 17.8 Å². The Balaban J connectivity index is 2.18. The van der Waals surface area contributed by atoms with Crippen molar-refractivity contribution in [2.75, 3.05) is 18.0 Å². The van der Waals surface area contributed by atoms with Crippen LogP contribution >= 0.6 is 11.8 Å². The zero-order valence-corrected chi connectivity index (χ0v) is 18.0. The Bertz CT molecular complexity index is 957. The van der Waals surface area contributed by atoms with Crippen molar-refractivity contribution in [3.63, 3.8) is 0 Å². The van der Waals surface area contributed by atoms with Crippen molar-refractivity contribution in [2.24, 2.45) is 13.0 Å². The normalized spacial score (nSPS) is 17.9. The van der Waals surface area contributed by atoms with Gasteiger partial charge in [0.25, 0.3) is 5.56 Å². The largest absolute Gasteiger partial charge is 0.342 e. The van der Waals surface area contributed by atoms with Crippen molar-refractivity contribution in [3.05, 3.63) is 10.4 Å². The molecule has 0 spiro atoms. The van der Waals surface area contributed by atoms with Gasteiger partial charge in [-0.25, -0.2) is 4.98 Å². The van der Waals surface area contributed by atoms with Crippen LogP contribution in [-0.4, -0.2) is 36.9 Å². The van der Waals surface area contributed by atoms with Crippen molar-refractivity contribution in [1.29, 1.82) is 0 Å². The van der Waals surface area contributed by atoms with Gasteiger partial charge in [-0.2, -0.15) is 4.98 Å². The van der Waals surface area contributed by atoms with Gasteiger partial charge in [-0.05, 0) is 25.7 Å². The zero-order chi connectivity index (χ0) is 19.8. The fourth-order valence-corrected chi connectivity index (χ4v) is 4.31. The molecule has 7 heteroatoms. The number of aromatic nitrogens is 4. The van der Waals surface area contributed by atoms with Gasteiger partial charge >= 0.3 is 0 Å². The molecule has 1 aliphatic rings. The van der Waals surface area contributed by atoms with E-state index in [1.807, 2.05) is 11.5 Å². The molecule has 0 radical (unpaired) electrons. The first-order valence-corrected chi connectivity index (χ1v) is 10.3. The molecule has 2 aromatic rings. The summed E-state index contributed by atoms with van der Waals surface area (Å²) >= 11 is 1.59. The number of thioether (sulfide) groups is 1. The molecule has 27 heavy (non-hydrogen) atoms. The second-order valence-corrected chi connectivity index (χ2v) is 10.1. The van der Waals surface area contributed by atoms with Crippen LogP contribution in [0.15, 0.2) is 9.95 Å². The van der Waals surface area contributed by atoms with Crippen LogP contribution in [0.4, 0.5) is 5.95 Å². The molecule has 1 unspecified atom stereocenters. The van der Waals surface area contributed by atoms with Crippen LogP contribution in [0.2, 0.25) is 0 Å². The van der Waals surface area contributed by atoms with Gasteiger partial charge in [-0.1, -0.05) is 45.4 Å². The lowest BCUT2D eigenvalue weighted by Gasteiger charge is -2.31. The molecule has 0 aromatic carbocycles. The van der Waals surface area contributed by atoms with Gasteiger partial charge in [0.15, 0.2) is 16.3 Å². The predicted molar refractivity (Wildman–Crippen MR) is 112 cm³/mol. The Morgan fingerprint density at radius 2 is 2.04 bits per heavy atom. The van der Waals surface area contributed by atoms with Crippen molar-refractivity contribution >= 4 is 28.9 Å². The highest BCUT2D eigenvalue weighted by atomic mass is 32.2. The van der Waals surface area contributed by atoms with E-state index < -0.39 is 0 Å². The standard InChI is InChI=1S/C20H29N5OS/c1-7-8-12-25-15-16(21-18(25)24-11-9-10-14(2)13-24)22-19(23(6)17(15)26)27-20(3,4)5/h14H,9-13H2,1-6H3. The van der Waals surface area contributed by atoms with E-state index in [1.54, 1.807) is 23.4 Å². The molecular formula is C20H29N5OS. The van der Waals surface area contributed by atoms with Crippen molar-refractivity contribution in [3.8, 4) is 11.8 Å². The summed E-state index contributed by atoms with van der Waals surface area (Å²) < 4.78 is 3.55. The van der Waals surface area contributed by atoms with Gasteiger partial charge in [0.2, 0.25) is 5.95 Å². The average molecular weight is 388 g/mol. The summed E-state index contributed by atoms with van der Waals surface area (Å²) in [5.74, 6) is 7.47. The second kappa shape index (κ2) is 7.59. The van der Waals surface area contributed by atoms with Gasteiger partial charge < -0.3 is 4.90 Å². The summed E-state index contributed by atoms with van der Waals surface area (Å²) in [5.41, 5.74) is 1.01. The minimum absolute atomic E-state index is 0.0355. The lowest BCUT2D eigenvalue weighted by atomic mass is 10.0. The molecule has 0 aliphatic carbocycles. The Hall–Kier alpha value is -1.94. The number of nitrogens with zero attached hydrogens (tertiary/aromatic N) is 5. The Morgan fingerprint density at radius 1 is 1.30 bits per heavy atom. The van der Waals surface area contributed by atoms with Crippen molar-refractivity contribution < 1.29 is 0 Å². The van der Waals surface area contributed by atoms with Crippen LogP contribution in [0.3, 0.4) is 0 Å². The maximum absolute atomic E-state index is 13.2. The van der Waals surface area contributed by atoms with Gasteiger partial charge in [0, 0.05) is 24.9 Å². The molecule has 2 aromatic heterocycles. The maximum atomic E-state index is 13.2. The van der Waals surface area contributed by atoms with E-state index in [1.165, 1.54) is 6.42 Å². The van der Waals surface area contributed by atoms with Crippen LogP contribution in [0.25, 0.3) is 11.2 Å². The predicted octanol–water partition coefficient (Wildman–Crippen LogP) is 3.28. The third-order valence-electron chi connectivity index (χ3n) is 4.68. The van der Waals surface area contributed by atoms with Gasteiger partial charge in [-0.15, -0.1) is 5.92 Å². The first-order valence-electron chi connectivity index (χ1n) is 9.52. The molecule has 1 atom stereocenters. The van der Waals surface area contributed by atoms with Crippen molar-refractivity contribution in [2.45, 2.75) is 63.9 Å². The summed E-state index contributed by atoms with van der Waals surface area (Å²) in [5, 5.41) is 0.699. The topological polar surface area (TPSA) is 56.0 Å². The quantitative estimate of drug-likeness (QED) is 0.460. The molecule has 0 N–H and O–H groups in total. The summed E-state index contributed by atoms with van der Waals surface area (Å²) in [7, 11) is 1.79. The molecule has 0 bridgehead atoms.